The summed E-state index contributed by atoms with van der Waals surface area (Å²) in [6, 6.07) is 12.7. The first-order valence-electron chi connectivity index (χ1n) is 8.07. The smallest absolute Gasteiger partial charge is 0.337 e. The molecule has 0 amide bonds. The molecule has 0 heterocycles. The van der Waals surface area contributed by atoms with E-state index in [1.54, 1.807) is 25.3 Å². The number of ether oxygens (including phenoxy) is 2. The lowest BCUT2D eigenvalue weighted by atomic mass is 10.0. The van der Waals surface area contributed by atoms with Gasteiger partial charge in [0.15, 0.2) is 5.11 Å². The van der Waals surface area contributed by atoms with Crippen molar-refractivity contribution in [1.29, 1.82) is 0 Å². The van der Waals surface area contributed by atoms with E-state index in [0.717, 1.165) is 17.7 Å². The van der Waals surface area contributed by atoms with Crippen LogP contribution in [0.15, 0.2) is 42.5 Å². The van der Waals surface area contributed by atoms with Crippen molar-refractivity contribution in [3.05, 3.63) is 58.6 Å². The van der Waals surface area contributed by atoms with E-state index in [0.29, 0.717) is 21.4 Å². The summed E-state index contributed by atoms with van der Waals surface area (Å²) in [6.07, 6.45) is 0.837. The van der Waals surface area contributed by atoms with Gasteiger partial charge in [-0.25, -0.2) is 4.79 Å². The largest absolute Gasteiger partial charge is 0.497 e. The van der Waals surface area contributed by atoms with Crippen LogP contribution in [0.4, 0.5) is 5.69 Å². The molecule has 0 saturated heterocycles. The first kappa shape index (κ1) is 20.0. The Morgan fingerprint density at radius 3 is 2.46 bits per heavy atom. The average molecular weight is 393 g/mol. The third-order valence-electron chi connectivity index (χ3n) is 3.87. The van der Waals surface area contributed by atoms with Gasteiger partial charge in [-0.1, -0.05) is 30.7 Å². The monoisotopic (exact) mass is 392 g/mol. The third-order valence-corrected chi connectivity index (χ3v) is 4.42. The number of benzene rings is 2. The molecule has 0 aliphatic rings. The number of hydrogen-bond acceptors (Lipinski definition) is 4. The van der Waals surface area contributed by atoms with Crippen molar-refractivity contribution in [2.75, 3.05) is 19.5 Å². The summed E-state index contributed by atoms with van der Waals surface area (Å²) in [7, 11) is 2.97. The maximum absolute atomic E-state index is 11.7. The summed E-state index contributed by atoms with van der Waals surface area (Å²) >= 11 is 11.6. The second-order valence-corrected chi connectivity index (χ2v) is 6.33. The van der Waals surface area contributed by atoms with Crippen LogP contribution in [0, 0.1) is 0 Å². The minimum atomic E-state index is -0.437. The van der Waals surface area contributed by atoms with Crippen molar-refractivity contribution >= 4 is 40.6 Å². The molecule has 0 spiro atoms. The highest BCUT2D eigenvalue weighted by Gasteiger charge is 2.13. The maximum atomic E-state index is 11.7. The average Bonchev–Trinajstić information content (AvgIpc) is 2.67. The quantitative estimate of drug-likeness (QED) is 0.554. The number of nitrogens with one attached hydrogen (secondary N) is 2. The van der Waals surface area contributed by atoms with Crippen LogP contribution < -0.4 is 15.4 Å². The van der Waals surface area contributed by atoms with Gasteiger partial charge in [0, 0.05) is 0 Å². The minimum absolute atomic E-state index is 0.0310. The zero-order chi connectivity index (χ0) is 19.1. The molecule has 0 fully saturated rings. The first-order valence-corrected chi connectivity index (χ1v) is 8.86. The number of carbonyl (C=O) groups excluding carboxylic acids is 1. The molecule has 1 atom stereocenters. The normalized spacial score (nSPS) is 11.4. The molecule has 2 rings (SSSR count). The molecule has 2 N–H and O–H groups in total. The van der Waals surface area contributed by atoms with E-state index < -0.39 is 5.97 Å². The second-order valence-electron chi connectivity index (χ2n) is 5.52. The molecule has 26 heavy (non-hydrogen) atoms. The molecule has 0 aliphatic heterocycles. The van der Waals surface area contributed by atoms with Crippen LogP contribution in [0.5, 0.6) is 5.75 Å². The molecule has 0 radical (unpaired) electrons. The summed E-state index contributed by atoms with van der Waals surface area (Å²) in [5, 5.41) is 7.18. The molecule has 0 saturated carbocycles. The van der Waals surface area contributed by atoms with Crippen molar-refractivity contribution in [2.24, 2.45) is 0 Å². The van der Waals surface area contributed by atoms with Crippen LogP contribution in [0.1, 0.15) is 35.3 Å². The Balaban J connectivity index is 2.10. The third kappa shape index (κ3) is 5.09. The van der Waals surface area contributed by atoms with Gasteiger partial charge < -0.3 is 20.1 Å². The number of thiocarbonyl (C=S) groups is 1. The highest BCUT2D eigenvalue weighted by molar-refractivity contribution is 7.80. The molecule has 138 valence electrons. The van der Waals surface area contributed by atoms with Crippen LogP contribution in [0.25, 0.3) is 0 Å². The SMILES string of the molecule is CC[C@@H](NC(=S)Nc1cc(C(=O)OC)ccc1Cl)c1ccc(OC)cc1. The topological polar surface area (TPSA) is 59.6 Å². The lowest BCUT2D eigenvalue weighted by Crippen LogP contribution is -2.32. The predicted octanol–water partition coefficient (Wildman–Crippen LogP) is 4.57. The first-order chi connectivity index (χ1) is 12.5. The Morgan fingerprint density at radius 2 is 1.88 bits per heavy atom. The zero-order valence-electron chi connectivity index (χ0n) is 14.8. The van der Waals surface area contributed by atoms with Gasteiger partial charge in [0.25, 0.3) is 0 Å². The fourth-order valence-corrected chi connectivity index (χ4v) is 2.86. The molecule has 2 aromatic rings. The number of methoxy groups -OCH3 is 2. The Kier molecular flexibility index (Phi) is 7.24. The van der Waals surface area contributed by atoms with E-state index >= 15 is 0 Å². The zero-order valence-corrected chi connectivity index (χ0v) is 16.4. The predicted molar refractivity (Wildman–Crippen MR) is 108 cm³/mol. The van der Waals surface area contributed by atoms with Gasteiger partial charge in [0.2, 0.25) is 0 Å². The fraction of sp³-hybridized carbons (Fsp3) is 0.263. The van der Waals surface area contributed by atoms with E-state index in [1.807, 2.05) is 24.3 Å². The highest BCUT2D eigenvalue weighted by Crippen LogP contribution is 2.24. The van der Waals surface area contributed by atoms with E-state index in [9.17, 15) is 4.79 Å². The molecule has 0 bridgehead atoms. The second kappa shape index (κ2) is 9.40. The number of halogens is 1. The van der Waals surface area contributed by atoms with Crippen LogP contribution in [-0.2, 0) is 4.74 Å². The Bertz CT molecular complexity index is 781. The number of hydrogen-bond donors (Lipinski definition) is 2. The van der Waals surface area contributed by atoms with Crippen LogP contribution in [0.2, 0.25) is 5.02 Å². The lowest BCUT2D eigenvalue weighted by molar-refractivity contribution is 0.0601. The van der Waals surface area contributed by atoms with Gasteiger partial charge in [0.1, 0.15) is 5.75 Å². The molecule has 0 aromatic heterocycles. The Labute approximate surface area is 163 Å². The van der Waals surface area contributed by atoms with Crippen molar-refractivity contribution in [2.45, 2.75) is 19.4 Å². The van der Waals surface area contributed by atoms with Crippen LogP contribution in [0.3, 0.4) is 0 Å². The summed E-state index contributed by atoms with van der Waals surface area (Å²) in [6.45, 7) is 2.06. The Morgan fingerprint density at radius 1 is 1.19 bits per heavy atom. The van der Waals surface area contributed by atoms with Crippen LogP contribution in [-0.4, -0.2) is 25.3 Å². The highest BCUT2D eigenvalue weighted by atomic mass is 35.5. The lowest BCUT2D eigenvalue weighted by Gasteiger charge is -2.21. The van der Waals surface area contributed by atoms with Crippen molar-refractivity contribution in [3.63, 3.8) is 0 Å². The minimum Gasteiger partial charge on any atom is -0.497 e. The van der Waals surface area contributed by atoms with Gasteiger partial charge >= 0.3 is 5.97 Å². The number of rotatable bonds is 6. The summed E-state index contributed by atoms with van der Waals surface area (Å²) in [5.74, 6) is 0.365. The molecule has 2 aromatic carbocycles. The van der Waals surface area contributed by atoms with Gasteiger partial charge in [-0.05, 0) is 54.5 Å². The Hall–Kier alpha value is -2.31. The maximum Gasteiger partial charge on any atom is 0.337 e. The molecule has 7 heteroatoms. The van der Waals surface area contributed by atoms with Gasteiger partial charge in [0.05, 0.1) is 36.5 Å². The molecular weight excluding hydrogens is 372 g/mol. The van der Waals surface area contributed by atoms with E-state index in [2.05, 4.69) is 17.6 Å². The standard InChI is InChI=1S/C19H21ClN2O3S/c1-4-16(12-5-8-14(24-2)9-6-12)21-19(26)22-17-11-13(18(23)25-3)7-10-15(17)20/h5-11,16H,4H2,1-3H3,(H2,21,22,26)/t16-/m1/s1. The van der Waals surface area contributed by atoms with E-state index in [4.69, 9.17) is 33.3 Å². The molecule has 5 nitrogen and oxygen atoms in total. The van der Waals surface area contributed by atoms with E-state index in [-0.39, 0.29) is 6.04 Å². The molecular formula is C19H21ClN2O3S. The van der Waals surface area contributed by atoms with Crippen molar-refractivity contribution in [3.8, 4) is 5.75 Å². The molecule has 0 unspecified atom stereocenters. The summed E-state index contributed by atoms with van der Waals surface area (Å²) in [5.41, 5.74) is 2.02. The van der Waals surface area contributed by atoms with Gasteiger partial charge in [-0.2, -0.15) is 0 Å². The fourth-order valence-electron chi connectivity index (χ4n) is 2.44. The van der Waals surface area contributed by atoms with Crippen LogP contribution >= 0.6 is 23.8 Å². The van der Waals surface area contributed by atoms with Crippen molar-refractivity contribution in [1.82, 2.24) is 5.32 Å². The summed E-state index contributed by atoms with van der Waals surface area (Å²) in [4.78, 5) is 11.7. The van der Waals surface area contributed by atoms with Gasteiger partial charge in [-0.3, -0.25) is 0 Å². The van der Waals surface area contributed by atoms with Gasteiger partial charge in [-0.15, -0.1) is 0 Å². The number of anilines is 1. The molecule has 0 aliphatic carbocycles. The number of esters is 1. The number of carbonyl (C=O) groups is 1. The summed E-state index contributed by atoms with van der Waals surface area (Å²) < 4.78 is 9.91. The van der Waals surface area contributed by atoms with E-state index in [1.165, 1.54) is 7.11 Å². The van der Waals surface area contributed by atoms with Crippen molar-refractivity contribution < 1.29 is 14.3 Å².